The maximum absolute atomic E-state index is 9.43. The molecular formula is C4H9NO4. The van der Waals surface area contributed by atoms with Crippen LogP contribution in [0.3, 0.4) is 0 Å². The molecule has 0 aromatic carbocycles. The zero-order valence-corrected chi connectivity index (χ0v) is 4.77. The molecule has 0 amide bonds. The van der Waals surface area contributed by atoms with Crippen molar-refractivity contribution in [3.63, 3.8) is 0 Å². The molecule has 0 aliphatic heterocycles. The number of nitroso groups, excluding NO2 is 1. The van der Waals surface area contributed by atoms with Crippen LogP contribution in [0.1, 0.15) is 0 Å². The minimum atomic E-state index is -1.26. The van der Waals surface area contributed by atoms with Gasteiger partial charge >= 0.3 is 0 Å². The van der Waals surface area contributed by atoms with E-state index in [1.54, 1.807) is 0 Å². The first-order chi connectivity index (χ1) is 4.22. The summed E-state index contributed by atoms with van der Waals surface area (Å²) in [6, 6.07) is 0. The summed E-state index contributed by atoms with van der Waals surface area (Å²) in [5.41, 5.74) is 0. The molecule has 0 rings (SSSR count). The molecule has 5 heteroatoms. The number of hydrogen-bond donors (Lipinski definition) is 3. The van der Waals surface area contributed by atoms with E-state index in [0.717, 1.165) is 0 Å². The minimum Gasteiger partial charge on any atom is -0.394 e. The van der Waals surface area contributed by atoms with Crippen molar-refractivity contribution < 1.29 is 15.3 Å². The molecule has 0 saturated carbocycles. The van der Waals surface area contributed by atoms with Crippen LogP contribution in [0, 0.1) is 4.91 Å². The maximum atomic E-state index is 9.43. The number of hydrogen-bond acceptors (Lipinski definition) is 5. The second-order valence-electron chi connectivity index (χ2n) is 1.63. The van der Waals surface area contributed by atoms with Crippen molar-refractivity contribution in [3.8, 4) is 0 Å². The monoisotopic (exact) mass is 135 g/mol. The second kappa shape index (κ2) is 4.37. The summed E-state index contributed by atoms with van der Waals surface area (Å²) in [6.45, 7) is -0.946. The van der Waals surface area contributed by atoms with Gasteiger partial charge in [-0.1, -0.05) is 5.18 Å². The molecule has 0 unspecified atom stereocenters. The Morgan fingerprint density at radius 1 is 1.33 bits per heavy atom. The summed E-state index contributed by atoms with van der Waals surface area (Å²) >= 11 is 0. The smallest absolute Gasteiger partial charge is 0.110 e. The maximum Gasteiger partial charge on any atom is 0.110 e. The van der Waals surface area contributed by atoms with Crippen LogP contribution in [-0.4, -0.2) is 40.7 Å². The van der Waals surface area contributed by atoms with Crippen molar-refractivity contribution >= 4 is 0 Å². The Kier molecular flexibility index (Phi) is 4.12. The zero-order valence-electron chi connectivity index (χ0n) is 4.77. The summed E-state index contributed by atoms with van der Waals surface area (Å²) < 4.78 is 0. The van der Waals surface area contributed by atoms with Crippen LogP contribution < -0.4 is 0 Å². The van der Waals surface area contributed by atoms with E-state index in [-0.39, 0.29) is 6.54 Å². The topological polar surface area (TPSA) is 90.1 Å². The van der Waals surface area contributed by atoms with Gasteiger partial charge in [0.05, 0.1) is 6.61 Å². The van der Waals surface area contributed by atoms with Crippen LogP contribution in [0.4, 0.5) is 0 Å². The highest BCUT2D eigenvalue weighted by Gasteiger charge is 2.14. The summed E-state index contributed by atoms with van der Waals surface area (Å²) in [6.07, 6.45) is -2.50. The molecule has 0 bridgehead atoms. The lowest BCUT2D eigenvalue weighted by Gasteiger charge is -2.10. The number of rotatable bonds is 4. The van der Waals surface area contributed by atoms with Crippen LogP contribution in [-0.2, 0) is 0 Å². The van der Waals surface area contributed by atoms with E-state index in [0.29, 0.717) is 0 Å². The van der Waals surface area contributed by atoms with Gasteiger partial charge in [-0.2, -0.15) is 4.91 Å². The Balaban J connectivity index is 3.44. The Morgan fingerprint density at radius 3 is 2.22 bits per heavy atom. The standard InChI is InChI=1S/C4H9NO4/c6-2-4(8)3(7)1-5-9/h3-4,6-8H,1-2H2/t3-,4-/m1/s1. The fourth-order valence-electron chi connectivity index (χ4n) is 0.320. The third-order valence-corrected chi connectivity index (χ3v) is 0.893. The molecule has 0 fully saturated rings. The SMILES string of the molecule is O=NC[C@@H](O)[C@H](O)CO. The molecule has 3 N–H and O–H groups in total. The van der Waals surface area contributed by atoms with Gasteiger partial charge in [-0.25, -0.2) is 0 Å². The van der Waals surface area contributed by atoms with Crippen LogP contribution in [0.15, 0.2) is 5.18 Å². The van der Waals surface area contributed by atoms with Gasteiger partial charge in [-0.3, -0.25) is 0 Å². The third-order valence-electron chi connectivity index (χ3n) is 0.893. The fraction of sp³-hybridized carbons (Fsp3) is 1.00. The van der Waals surface area contributed by atoms with Gasteiger partial charge < -0.3 is 15.3 Å². The Morgan fingerprint density at radius 2 is 1.89 bits per heavy atom. The minimum absolute atomic E-state index is 0.387. The van der Waals surface area contributed by atoms with Gasteiger partial charge in [0.25, 0.3) is 0 Å². The fourth-order valence-corrected chi connectivity index (χ4v) is 0.320. The van der Waals surface area contributed by atoms with Crippen molar-refractivity contribution in [2.45, 2.75) is 12.2 Å². The van der Waals surface area contributed by atoms with E-state index >= 15 is 0 Å². The predicted molar refractivity (Wildman–Crippen MR) is 29.8 cm³/mol. The van der Waals surface area contributed by atoms with Gasteiger partial charge in [0.2, 0.25) is 0 Å². The normalized spacial score (nSPS) is 16.8. The Bertz CT molecular complexity index is 86.6. The van der Waals surface area contributed by atoms with E-state index in [2.05, 4.69) is 5.18 Å². The van der Waals surface area contributed by atoms with Crippen LogP contribution >= 0.6 is 0 Å². The van der Waals surface area contributed by atoms with E-state index in [1.807, 2.05) is 0 Å². The van der Waals surface area contributed by atoms with Crippen LogP contribution in [0.5, 0.6) is 0 Å². The van der Waals surface area contributed by atoms with Crippen molar-refractivity contribution in [2.75, 3.05) is 13.2 Å². The lowest BCUT2D eigenvalue weighted by atomic mass is 10.2. The highest BCUT2D eigenvalue weighted by atomic mass is 16.4. The quantitative estimate of drug-likeness (QED) is 0.408. The zero-order chi connectivity index (χ0) is 7.28. The summed E-state index contributed by atoms with van der Waals surface area (Å²) in [4.78, 5) is 9.43. The molecule has 54 valence electrons. The van der Waals surface area contributed by atoms with Gasteiger partial charge in [0.15, 0.2) is 0 Å². The highest BCUT2D eigenvalue weighted by Crippen LogP contribution is 1.91. The number of aliphatic hydroxyl groups excluding tert-OH is 3. The first-order valence-corrected chi connectivity index (χ1v) is 2.48. The molecule has 0 saturated heterocycles. The first kappa shape index (κ1) is 8.48. The molecule has 0 aromatic heterocycles. The number of aliphatic hydroxyl groups is 3. The lowest BCUT2D eigenvalue weighted by molar-refractivity contribution is -0.00884. The van der Waals surface area contributed by atoms with E-state index < -0.39 is 18.8 Å². The molecule has 0 heterocycles. The average Bonchev–Trinajstić information content (AvgIpc) is 1.87. The highest BCUT2D eigenvalue weighted by molar-refractivity contribution is 4.67. The van der Waals surface area contributed by atoms with Crippen molar-refractivity contribution in [1.29, 1.82) is 0 Å². The van der Waals surface area contributed by atoms with Gasteiger partial charge in [-0.05, 0) is 0 Å². The van der Waals surface area contributed by atoms with E-state index in [4.69, 9.17) is 15.3 Å². The van der Waals surface area contributed by atoms with E-state index in [1.165, 1.54) is 0 Å². The molecular weight excluding hydrogens is 126 g/mol. The second-order valence-corrected chi connectivity index (χ2v) is 1.63. The molecule has 0 spiro atoms. The molecule has 0 aliphatic rings. The molecule has 9 heavy (non-hydrogen) atoms. The van der Waals surface area contributed by atoms with Gasteiger partial charge in [-0.15, -0.1) is 0 Å². The molecule has 0 aliphatic carbocycles. The lowest BCUT2D eigenvalue weighted by Crippen LogP contribution is -2.31. The van der Waals surface area contributed by atoms with Crippen molar-refractivity contribution in [2.24, 2.45) is 5.18 Å². The van der Waals surface area contributed by atoms with Gasteiger partial charge in [0.1, 0.15) is 18.8 Å². The number of nitrogens with zero attached hydrogens (tertiary/aromatic N) is 1. The van der Waals surface area contributed by atoms with Crippen LogP contribution in [0.25, 0.3) is 0 Å². The summed E-state index contributed by atoms with van der Waals surface area (Å²) in [5, 5.41) is 27.7. The molecule has 5 nitrogen and oxygen atoms in total. The Hall–Kier alpha value is -0.520. The third kappa shape index (κ3) is 3.12. The molecule has 0 radical (unpaired) electrons. The van der Waals surface area contributed by atoms with Crippen molar-refractivity contribution in [3.05, 3.63) is 4.91 Å². The largest absolute Gasteiger partial charge is 0.394 e. The van der Waals surface area contributed by atoms with E-state index in [9.17, 15) is 4.91 Å². The van der Waals surface area contributed by atoms with Crippen LogP contribution in [0.2, 0.25) is 0 Å². The first-order valence-electron chi connectivity index (χ1n) is 2.48. The molecule has 2 atom stereocenters. The Labute approximate surface area is 51.9 Å². The average molecular weight is 135 g/mol. The molecule has 0 aromatic rings. The summed E-state index contributed by atoms with van der Waals surface area (Å²) in [7, 11) is 0. The summed E-state index contributed by atoms with van der Waals surface area (Å²) in [5.74, 6) is 0. The van der Waals surface area contributed by atoms with Gasteiger partial charge in [0, 0.05) is 0 Å². The predicted octanol–water partition coefficient (Wildman–Crippen LogP) is -1.53. The van der Waals surface area contributed by atoms with Crippen molar-refractivity contribution in [1.82, 2.24) is 0 Å².